The first-order valence-electron chi connectivity index (χ1n) is 7.89. The highest BCUT2D eigenvalue weighted by atomic mass is 15.3. The fraction of sp³-hybridized carbons (Fsp3) is 0.812. The number of aryl methyl sites for hydroxylation is 1. The lowest BCUT2D eigenvalue weighted by molar-refractivity contribution is 0.00945. The van der Waals surface area contributed by atoms with E-state index in [4.69, 9.17) is 0 Å². The molecule has 0 spiro atoms. The van der Waals surface area contributed by atoms with Crippen molar-refractivity contribution in [2.24, 2.45) is 7.05 Å². The molecule has 20 heavy (non-hydrogen) atoms. The minimum atomic E-state index is 0.204. The van der Waals surface area contributed by atoms with Gasteiger partial charge < -0.3 is 9.88 Å². The molecule has 4 heteroatoms. The second kappa shape index (κ2) is 5.86. The van der Waals surface area contributed by atoms with Crippen LogP contribution in [0.1, 0.15) is 46.4 Å². The zero-order valence-corrected chi connectivity index (χ0v) is 13.7. The van der Waals surface area contributed by atoms with Gasteiger partial charge in [0.05, 0.1) is 0 Å². The Balaban J connectivity index is 2.09. The van der Waals surface area contributed by atoms with Crippen molar-refractivity contribution < 1.29 is 0 Å². The average Bonchev–Trinajstić information content (AvgIpc) is 2.82. The van der Waals surface area contributed by atoms with E-state index >= 15 is 0 Å². The Kier molecular flexibility index (Phi) is 4.55. The smallest absolute Gasteiger partial charge is 0.109 e. The van der Waals surface area contributed by atoms with E-state index in [0.29, 0.717) is 5.54 Å². The van der Waals surface area contributed by atoms with Gasteiger partial charge in [0.2, 0.25) is 0 Å². The maximum Gasteiger partial charge on any atom is 0.109 e. The number of nitrogens with zero attached hydrogens (tertiary/aromatic N) is 3. The second-order valence-electron chi connectivity index (χ2n) is 6.79. The Morgan fingerprint density at radius 1 is 1.30 bits per heavy atom. The normalized spacial score (nSPS) is 22.1. The molecule has 0 radical (unpaired) electrons. The van der Waals surface area contributed by atoms with Crippen LogP contribution in [0.4, 0.5) is 0 Å². The van der Waals surface area contributed by atoms with Crippen molar-refractivity contribution in [3.63, 3.8) is 0 Å². The summed E-state index contributed by atoms with van der Waals surface area (Å²) < 4.78 is 2.13. The van der Waals surface area contributed by atoms with Crippen molar-refractivity contribution in [2.45, 2.75) is 58.0 Å². The molecule has 0 aromatic carbocycles. The van der Waals surface area contributed by atoms with Crippen LogP contribution in [0.3, 0.4) is 0 Å². The van der Waals surface area contributed by atoms with Crippen molar-refractivity contribution >= 4 is 0 Å². The number of aromatic nitrogens is 2. The molecule has 2 rings (SSSR count). The first kappa shape index (κ1) is 15.5. The maximum absolute atomic E-state index is 4.46. The highest BCUT2D eigenvalue weighted by Gasteiger charge is 2.41. The Labute approximate surface area is 123 Å². The molecule has 1 saturated heterocycles. The molecule has 1 fully saturated rings. The van der Waals surface area contributed by atoms with E-state index in [0.717, 1.165) is 26.1 Å². The number of hydrogen-bond donors (Lipinski definition) is 1. The molecular formula is C16H30N4. The summed E-state index contributed by atoms with van der Waals surface area (Å²) in [5.41, 5.74) is 0.510. The Bertz CT molecular complexity index is 431. The Morgan fingerprint density at radius 2 is 2.00 bits per heavy atom. The average molecular weight is 278 g/mol. The van der Waals surface area contributed by atoms with Gasteiger partial charge in [-0.1, -0.05) is 13.8 Å². The summed E-state index contributed by atoms with van der Waals surface area (Å²) >= 11 is 0. The van der Waals surface area contributed by atoms with Crippen molar-refractivity contribution in [1.82, 2.24) is 19.8 Å². The molecule has 1 aliphatic rings. The summed E-state index contributed by atoms with van der Waals surface area (Å²) in [6, 6.07) is 0. The van der Waals surface area contributed by atoms with Crippen LogP contribution in [0.15, 0.2) is 12.4 Å². The molecule has 1 aromatic heterocycles. The molecule has 0 bridgehead atoms. The summed E-state index contributed by atoms with van der Waals surface area (Å²) in [5, 5.41) is 3.72. The summed E-state index contributed by atoms with van der Waals surface area (Å²) in [6.45, 7) is 12.5. The fourth-order valence-electron chi connectivity index (χ4n) is 3.35. The van der Waals surface area contributed by atoms with Gasteiger partial charge >= 0.3 is 0 Å². The lowest BCUT2D eigenvalue weighted by Gasteiger charge is -2.52. The summed E-state index contributed by atoms with van der Waals surface area (Å²) in [5.74, 6) is 1.18. The summed E-state index contributed by atoms with van der Waals surface area (Å²) in [6.07, 6.45) is 7.36. The van der Waals surface area contributed by atoms with Gasteiger partial charge in [-0.25, -0.2) is 4.98 Å². The Morgan fingerprint density at radius 3 is 2.55 bits per heavy atom. The molecule has 0 unspecified atom stereocenters. The third kappa shape index (κ3) is 3.07. The van der Waals surface area contributed by atoms with Gasteiger partial charge in [-0.15, -0.1) is 0 Å². The first-order chi connectivity index (χ1) is 9.42. The van der Waals surface area contributed by atoms with Gasteiger partial charge in [0.15, 0.2) is 0 Å². The predicted octanol–water partition coefficient (Wildman–Crippen LogP) is 2.21. The number of piperazine rings is 1. The zero-order valence-electron chi connectivity index (χ0n) is 13.7. The predicted molar refractivity (Wildman–Crippen MR) is 83.9 cm³/mol. The molecule has 0 aliphatic carbocycles. The van der Waals surface area contributed by atoms with Crippen molar-refractivity contribution in [3.05, 3.63) is 18.2 Å². The number of nitrogens with one attached hydrogen (secondary N) is 1. The molecule has 4 nitrogen and oxygen atoms in total. The third-order valence-electron chi connectivity index (χ3n) is 5.00. The molecule has 114 valence electrons. The van der Waals surface area contributed by atoms with E-state index in [1.807, 2.05) is 12.4 Å². The van der Waals surface area contributed by atoms with E-state index in [1.165, 1.54) is 18.7 Å². The van der Waals surface area contributed by atoms with E-state index in [1.54, 1.807) is 0 Å². The zero-order chi connectivity index (χ0) is 14.8. The molecule has 2 heterocycles. The van der Waals surface area contributed by atoms with Crippen LogP contribution >= 0.6 is 0 Å². The van der Waals surface area contributed by atoms with Crippen molar-refractivity contribution in [2.75, 3.05) is 19.6 Å². The van der Waals surface area contributed by atoms with Gasteiger partial charge in [-0.05, 0) is 26.7 Å². The minimum Gasteiger partial charge on any atom is -0.338 e. The van der Waals surface area contributed by atoms with Crippen LogP contribution in [-0.4, -0.2) is 45.2 Å². The van der Waals surface area contributed by atoms with Crippen LogP contribution < -0.4 is 5.32 Å². The van der Waals surface area contributed by atoms with Gasteiger partial charge in [-0.3, -0.25) is 4.90 Å². The van der Waals surface area contributed by atoms with Gasteiger partial charge in [0, 0.05) is 56.6 Å². The standard InChI is InChI=1S/C16H30N4/c1-6-16(7-2)12-18-15(3,4)13-20(16)10-8-14-17-9-11-19(14)5/h9,11,18H,6-8,10,12-13H2,1-5H3. The van der Waals surface area contributed by atoms with Crippen LogP contribution in [0.2, 0.25) is 0 Å². The SMILES string of the molecule is CCC1(CC)CNC(C)(C)CN1CCc1nccn1C. The second-order valence-corrected chi connectivity index (χ2v) is 6.79. The third-order valence-corrected chi connectivity index (χ3v) is 5.00. The van der Waals surface area contributed by atoms with Crippen molar-refractivity contribution in [3.8, 4) is 0 Å². The topological polar surface area (TPSA) is 33.1 Å². The monoisotopic (exact) mass is 278 g/mol. The molecule has 1 N–H and O–H groups in total. The lowest BCUT2D eigenvalue weighted by Crippen LogP contribution is -2.68. The molecule has 0 atom stereocenters. The van der Waals surface area contributed by atoms with Crippen LogP contribution in [0.25, 0.3) is 0 Å². The first-order valence-corrected chi connectivity index (χ1v) is 7.89. The van der Waals surface area contributed by atoms with Gasteiger partial charge in [-0.2, -0.15) is 0 Å². The van der Waals surface area contributed by atoms with Crippen LogP contribution in [0.5, 0.6) is 0 Å². The minimum absolute atomic E-state index is 0.204. The summed E-state index contributed by atoms with van der Waals surface area (Å²) in [7, 11) is 2.08. The molecular weight excluding hydrogens is 248 g/mol. The highest BCUT2D eigenvalue weighted by molar-refractivity contribution is 5.02. The van der Waals surface area contributed by atoms with Crippen LogP contribution in [0, 0.1) is 0 Å². The van der Waals surface area contributed by atoms with E-state index in [-0.39, 0.29) is 5.54 Å². The van der Waals surface area contributed by atoms with E-state index in [9.17, 15) is 0 Å². The van der Waals surface area contributed by atoms with Crippen molar-refractivity contribution in [1.29, 1.82) is 0 Å². The molecule has 0 saturated carbocycles. The lowest BCUT2D eigenvalue weighted by atomic mass is 9.84. The van der Waals surface area contributed by atoms with Crippen LogP contribution in [-0.2, 0) is 13.5 Å². The number of imidazole rings is 1. The largest absolute Gasteiger partial charge is 0.338 e. The van der Waals surface area contributed by atoms with Gasteiger partial charge in [0.25, 0.3) is 0 Å². The number of hydrogen-bond acceptors (Lipinski definition) is 3. The molecule has 1 aromatic rings. The van der Waals surface area contributed by atoms with Gasteiger partial charge in [0.1, 0.15) is 5.82 Å². The summed E-state index contributed by atoms with van der Waals surface area (Å²) in [4.78, 5) is 7.15. The maximum atomic E-state index is 4.46. The Hall–Kier alpha value is -0.870. The highest BCUT2D eigenvalue weighted by Crippen LogP contribution is 2.30. The number of rotatable bonds is 5. The quantitative estimate of drug-likeness (QED) is 0.896. The van der Waals surface area contributed by atoms with E-state index < -0.39 is 0 Å². The molecule has 1 aliphatic heterocycles. The van der Waals surface area contributed by atoms with E-state index in [2.05, 4.69) is 54.5 Å². The fourth-order valence-corrected chi connectivity index (χ4v) is 3.35. The molecule has 0 amide bonds.